The summed E-state index contributed by atoms with van der Waals surface area (Å²) in [6.07, 6.45) is 2.93. The summed E-state index contributed by atoms with van der Waals surface area (Å²) < 4.78 is 33.6. The number of carbonyl (C=O) groups excluding carboxylic acids is 1. The molecule has 2 heterocycles. The van der Waals surface area contributed by atoms with Crippen LogP contribution in [0.4, 0.5) is 13.6 Å². The number of ether oxygens (including phenoxy) is 1. The third-order valence-electron chi connectivity index (χ3n) is 4.86. The number of aromatic nitrogens is 2. The Morgan fingerprint density at radius 1 is 1.29 bits per heavy atom. The molecule has 2 aromatic rings. The maximum absolute atomic E-state index is 14.1. The summed E-state index contributed by atoms with van der Waals surface area (Å²) in [4.78, 5) is 22.0. The lowest BCUT2D eigenvalue weighted by atomic mass is 9.86. The van der Waals surface area contributed by atoms with Crippen LogP contribution in [0.15, 0.2) is 42.7 Å². The first-order valence-electron chi connectivity index (χ1n) is 9.15. The van der Waals surface area contributed by atoms with Crippen molar-refractivity contribution in [3.8, 4) is 0 Å². The van der Waals surface area contributed by atoms with E-state index < -0.39 is 18.6 Å². The van der Waals surface area contributed by atoms with Crippen molar-refractivity contribution in [1.82, 2.24) is 14.9 Å². The van der Waals surface area contributed by atoms with Gasteiger partial charge in [-0.1, -0.05) is 48.9 Å². The molecule has 0 saturated carbocycles. The van der Waals surface area contributed by atoms with Crippen molar-refractivity contribution in [2.45, 2.75) is 44.8 Å². The Balaban J connectivity index is 1.67. The van der Waals surface area contributed by atoms with Gasteiger partial charge in [-0.25, -0.2) is 23.5 Å². The number of hydrogen-bond donors (Lipinski definition) is 0. The highest BCUT2D eigenvalue weighted by Crippen LogP contribution is 2.36. The van der Waals surface area contributed by atoms with Crippen molar-refractivity contribution in [2.24, 2.45) is 5.92 Å². The number of nitrogens with zero attached hydrogens (tertiary/aromatic N) is 3. The zero-order chi connectivity index (χ0) is 20.1. The van der Waals surface area contributed by atoms with Crippen molar-refractivity contribution < 1.29 is 18.3 Å². The lowest BCUT2D eigenvalue weighted by Gasteiger charge is -2.42. The molecule has 150 valence electrons. The zero-order valence-electron chi connectivity index (χ0n) is 15.5. The molecule has 0 bridgehead atoms. The molecular formula is C20H22ClF2N3O2. The third kappa shape index (κ3) is 5.38. The third-order valence-corrected chi connectivity index (χ3v) is 5.05. The van der Waals surface area contributed by atoms with E-state index in [1.54, 1.807) is 6.92 Å². The fourth-order valence-corrected chi connectivity index (χ4v) is 3.63. The van der Waals surface area contributed by atoms with E-state index in [0.717, 1.165) is 10.5 Å². The fourth-order valence-electron chi connectivity index (χ4n) is 3.53. The minimum Gasteiger partial charge on any atom is -0.445 e. The highest BCUT2D eigenvalue weighted by atomic mass is 35.5. The molecule has 1 aromatic carbocycles. The first kappa shape index (κ1) is 20.5. The summed E-state index contributed by atoms with van der Waals surface area (Å²) in [7, 11) is 0. The second-order valence-electron chi connectivity index (χ2n) is 7.13. The molecule has 0 aliphatic carbocycles. The van der Waals surface area contributed by atoms with Gasteiger partial charge >= 0.3 is 6.09 Å². The normalized spacial score (nSPS) is 21.4. The number of piperidine rings is 1. The molecule has 28 heavy (non-hydrogen) atoms. The Morgan fingerprint density at radius 3 is 2.64 bits per heavy atom. The largest absolute Gasteiger partial charge is 0.445 e. The molecule has 1 fully saturated rings. The van der Waals surface area contributed by atoms with Crippen molar-refractivity contribution in [3.63, 3.8) is 0 Å². The van der Waals surface area contributed by atoms with E-state index in [1.165, 1.54) is 12.4 Å². The minimum atomic E-state index is -2.93. The van der Waals surface area contributed by atoms with Gasteiger partial charge in [-0.3, -0.25) is 4.90 Å². The highest BCUT2D eigenvalue weighted by molar-refractivity contribution is 6.30. The Labute approximate surface area is 167 Å². The van der Waals surface area contributed by atoms with Crippen LogP contribution in [0, 0.1) is 5.92 Å². The number of alkyl halides is 2. The van der Waals surface area contributed by atoms with Gasteiger partial charge in [0.15, 0.2) is 0 Å². The second kappa shape index (κ2) is 8.82. The predicted octanol–water partition coefficient (Wildman–Crippen LogP) is 4.75. The van der Waals surface area contributed by atoms with Crippen LogP contribution in [-0.4, -0.2) is 39.5 Å². The van der Waals surface area contributed by atoms with E-state index in [0.29, 0.717) is 23.7 Å². The average Bonchev–Trinajstić information content (AvgIpc) is 2.66. The molecule has 0 spiro atoms. The maximum Gasteiger partial charge on any atom is 0.410 e. The van der Waals surface area contributed by atoms with E-state index in [2.05, 4.69) is 9.97 Å². The summed E-state index contributed by atoms with van der Waals surface area (Å²) in [6, 6.07) is 8.77. The molecule has 3 rings (SSSR count). The first-order chi connectivity index (χ1) is 13.3. The minimum absolute atomic E-state index is 0.0448. The van der Waals surface area contributed by atoms with E-state index >= 15 is 0 Å². The Morgan fingerprint density at radius 2 is 1.96 bits per heavy atom. The maximum atomic E-state index is 14.1. The van der Waals surface area contributed by atoms with E-state index in [4.69, 9.17) is 16.3 Å². The molecule has 1 amide bonds. The molecule has 0 radical (unpaired) electrons. The van der Waals surface area contributed by atoms with Crippen LogP contribution >= 0.6 is 11.6 Å². The van der Waals surface area contributed by atoms with Gasteiger partial charge in [0.2, 0.25) is 0 Å². The highest BCUT2D eigenvalue weighted by Gasteiger charge is 2.46. The summed E-state index contributed by atoms with van der Waals surface area (Å²) in [5, 5.41) is 0.431. The molecule has 1 aromatic heterocycles. The molecule has 1 unspecified atom stereocenters. The first-order valence-corrected chi connectivity index (χ1v) is 9.53. The number of benzene rings is 1. The van der Waals surface area contributed by atoms with Crippen LogP contribution in [-0.2, 0) is 17.8 Å². The molecule has 1 aliphatic rings. The van der Waals surface area contributed by atoms with E-state index in [-0.39, 0.29) is 25.0 Å². The number of amides is 1. The Kier molecular flexibility index (Phi) is 6.44. The number of likely N-dealkylation sites (tertiary alicyclic amines) is 1. The standard InChI is InChI=1S/C20H22ClF2N3O2/c1-14-9-20(22,23)13-26(19(27)28-12-15-5-3-2-4-6-15)17(14)7-8-18-24-10-16(21)11-25-18/h2-6,10-11,14,17H,7-9,12-13H2,1H3/t14-,17?/m1/s1. The van der Waals surface area contributed by atoms with Crippen molar-refractivity contribution in [1.29, 1.82) is 0 Å². The van der Waals surface area contributed by atoms with Gasteiger partial charge in [0, 0.05) is 31.3 Å². The lowest BCUT2D eigenvalue weighted by molar-refractivity contribution is -0.0990. The summed E-state index contributed by atoms with van der Waals surface area (Å²) >= 11 is 5.79. The molecule has 5 nitrogen and oxygen atoms in total. The van der Waals surface area contributed by atoms with Crippen LogP contribution in [0.2, 0.25) is 5.02 Å². The van der Waals surface area contributed by atoms with Gasteiger partial charge in [0.1, 0.15) is 12.4 Å². The monoisotopic (exact) mass is 409 g/mol. The smallest absolute Gasteiger partial charge is 0.410 e. The van der Waals surface area contributed by atoms with Crippen LogP contribution in [0.3, 0.4) is 0 Å². The fraction of sp³-hybridized carbons (Fsp3) is 0.450. The van der Waals surface area contributed by atoms with Gasteiger partial charge < -0.3 is 4.74 Å². The molecule has 1 saturated heterocycles. The topological polar surface area (TPSA) is 55.3 Å². The number of aryl methyl sites for hydroxylation is 1. The zero-order valence-corrected chi connectivity index (χ0v) is 16.3. The van der Waals surface area contributed by atoms with Crippen molar-refractivity contribution in [2.75, 3.05) is 6.54 Å². The number of rotatable bonds is 5. The van der Waals surface area contributed by atoms with Crippen LogP contribution in [0.5, 0.6) is 0 Å². The van der Waals surface area contributed by atoms with E-state index in [1.807, 2.05) is 30.3 Å². The second-order valence-corrected chi connectivity index (χ2v) is 7.57. The van der Waals surface area contributed by atoms with Gasteiger partial charge in [-0.05, 0) is 17.9 Å². The summed E-state index contributed by atoms with van der Waals surface area (Å²) in [5.41, 5.74) is 0.804. The van der Waals surface area contributed by atoms with Crippen LogP contribution in [0.25, 0.3) is 0 Å². The number of hydrogen-bond acceptors (Lipinski definition) is 4. The number of carbonyl (C=O) groups is 1. The van der Waals surface area contributed by atoms with Crippen LogP contribution in [0.1, 0.15) is 31.2 Å². The SMILES string of the molecule is C[C@@H]1CC(F)(F)CN(C(=O)OCc2ccccc2)C1CCc1ncc(Cl)cn1. The van der Waals surface area contributed by atoms with Crippen LogP contribution < -0.4 is 0 Å². The Bertz CT molecular complexity index is 790. The molecule has 1 aliphatic heterocycles. The average molecular weight is 410 g/mol. The quantitative estimate of drug-likeness (QED) is 0.715. The van der Waals surface area contributed by atoms with E-state index in [9.17, 15) is 13.6 Å². The van der Waals surface area contributed by atoms with Crippen molar-refractivity contribution in [3.05, 3.63) is 59.1 Å². The van der Waals surface area contributed by atoms with Gasteiger partial charge in [0.25, 0.3) is 5.92 Å². The number of halogens is 3. The summed E-state index contributed by atoms with van der Waals surface area (Å²) in [5.74, 6) is -2.75. The van der Waals surface area contributed by atoms with Gasteiger partial charge in [-0.2, -0.15) is 0 Å². The van der Waals surface area contributed by atoms with Gasteiger partial charge in [0.05, 0.1) is 11.6 Å². The molecule has 8 heteroatoms. The van der Waals surface area contributed by atoms with Gasteiger partial charge in [-0.15, -0.1) is 0 Å². The molecule has 2 atom stereocenters. The molecule has 0 N–H and O–H groups in total. The summed E-state index contributed by atoms with van der Waals surface area (Å²) in [6.45, 7) is 1.14. The molecular weight excluding hydrogens is 388 g/mol. The Hall–Kier alpha value is -2.28. The predicted molar refractivity (Wildman–Crippen MR) is 101 cm³/mol. The lowest BCUT2D eigenvalue weighted by Crippen LogP contribution is -2.55. The van der Waals surface area contributed by atoms with Crippen molar-refractivity contribution >= 4 is 17.7 Å².